The standard InChI is InChI=1S/C52H84O6/c1-4-7-10-13-16-19-21-23-24-25-26-27-29-30-33-36-39-42-45-51(54)57-48-49(47-56-50(53)44-41-38-35-32-18-15-12-9-6-3)58-52(55)46-43-40-37-34-31-28-22-20-17-14-11-8-5-2/h8,11,14,17,20-28,31,34,37,49H,4-7,9-10,12-13,15-16,18-19,29-30,32-33,35-36,38-48H2,1-3H3/b11-8-,17-14-,22-20-,23-21-,25-24-,27-26-,31-28-,37-34-. The van der Waals surface area contributed by atoms with Crippen LogP contribution in [0.4, 0.5) is 0 Å². The molecule has 0 aliphatic heterocycles. The molecule has 328 valence electrons. The van der Waals surface area contributed by atoms with Crippen molar-refractivity contribution >= 4 is 17.9 Å². The van der Waals surface area contributed by atoms with Crippen molar-refractivity contribution in [2.24, 2.45) is 0 Å². The Morgan fingerprint density at radius 2 is 0.690 bits per heavy atom. The third-order valence-electron chi connectivity index (χ3n) is 9.51. The predicted molar refractivity (Wildman–Crippen MR) is 247 cm³/mol. The monoisotopic (exact) mass is 805 g/mol. The molecule has 0 saturated heterocycles. The molecular formula is C52H84O6. The molecule has 0 amide bonds. The van der Waals surface area contributed by atoms with Crippen LogP contribution < -0.4 is 0 Å². The van der Waals surface area contributed by atoms with E-state index in [9.17, 15) is 14.4 Å². The maximum absolute atomic E-state index is 12.7. The molecule has 0 aromatic rings. The van der Waals surface area contributed by atoms with Crippen molar-refractivity contribution in [1.29, 1.82) is 0 Å². The van der Waals surface area contributed by atoms with Crippen LogP contribution in [0.2, 0.25) is 0 Å². The number of allylic oxidation sites excluding steroid dienone is 16. The quantitative estimate of drug-likeness (QED) is 0.0266. The first-order valence-corrected chi connectivity index (χ1v) is 23.3. The smallest absolute Gasteiger partial charge is 0.306 e. The molecule has 6 nitrogen and oxygen atoms in total. The zero-order valence-corrected chi connectivity index (χ0v) is 37.3. The molecule has 0 aromatic heterocycles. The summed E-state index contributed by atoms with van der Waals surface area (Å²) < 4.78 is 16.6. The van der Waals surface area contributed by atoms with Gasteiger partial charge in [0.15, 0.2) is 6.10 Å². The zero-order valence-electron chi connectivity index (χ0n) is 37.3. The lowest BCUT2D eigenvalue weighted by Crippen LogP contribution is -2.30. The van der Waals surface area contributed by atoms with Crippen LogP contribution in [-0.2, 0) is 28.6 Å². The first-order valence-electron chi connectivity index (χ1n) is 23.3. The van der Waals surface area contributed by atoms with Crippen LogP contribution >= 0.6 is 0 Å². The topological polar surface area (TPSA) is 78.9 Å². The molecule has 0 aromatic carbocycles. The lowest BCUT2D eigenvalue weighted by molar-refractivity contribution is -0.167. The third kappa shape index (κ3) is 43.5. The maximum atomic E-state index is 12.7. The lowest BCUT2D eigenvalue weighted by atomic mass is 10.1. The molecule has 0 fully saturated rings. The Labute approximate surface area is 356 Å². The van der Waals surface area contributed by atoms with Crippen LogP contribution in [-0.4, -0.2) is 37.2 Å². The van der Waals surface area contributed by atoms with Crippen molar-refractivity contribution in [3.63, 3.8) is 0 Å². The molecule has 0 rings (SSSR count). The number of hydrogen-bond donors (Lipinski definition) is 0. The SMILES string of the molecule is CC\C=C/C=C\C=C/C=C\C=C/CCCC(=O)OC(COC(=O)CCCCCCC\C=C/C=C\C=C/CCCCCCC)COC(=O)CCCCCCCCCCC. The molecule has 0 spiro atoms. The highest BCUT2D eigenvalue weighted by Gasteiger charge is 2.19. The number of carbonyl (C=O) groups is 3. The van der Waals surface area contributed by atoms with Gasteiger partial charge in [-0.2, -0.15) is 0 Å². The van der Waals surface area contributed by atoms with E-state index in [0.29, 0.717) is 19.3 Å². The van der Waals surface area contributed by atoms with Gasteiger partial charge < -0.3 is 14.2 Å². The average molecular weight is 805 g/mol. The van der Waals surface area contributed by atoms with E-state index in [2.05, 4.69) is 63.3 Å². The van der Waals surface area contributed by atoms with E-state index >= 15 is 0 Å². The van der Waals surface area contributed by atoms with Crippen LogP contribution in [0, 0.1) is 0 Å². The second-order valence-corrected chi connectivity index (χ2v) is 15.1. The molecule has 0 heterocycles. The minimum absolute atomic E-state index is 0.113. The molecule has 0 N–H and O–H groups in total. The molecule has 1 atom stereocenters. The Hall–Kier alpha value is -3.67. The van der Waals surface area contributed by atoms with Gasteiger partial charge in [-0.1, -0.05) is 214 Å². The molecule has 58 heavy (non-hydrogen) atoms. The number of unbranched alkanes of at least 4 members (excludes halogenated alkanes) is 19. The van der Waals surface area contributed by atoms with Crippen molar-refractivity contribution in [2.45, 2.75) is 200 Å². The van der Waals surface area contributed by atoms with Crippen molar-refractivity contribution in [3.8, 4) is 0 Å². The van der Waals surface area contributed by atoms with E-state index in [4.69, 9.17) is 14.2 Å². The summed E-state index contributed by atoms with van der Waals surface area (Å²) in [6.45, 7) is 6.35. The van der Waals surface area contributed by atoms with Crippen molar-refractivity contribution in [2.75, 3.05) is 13.2 Å². The molecule has 0 bridgehead atoms. The van der Waals surface area contributed by atoms with Gasteiger partial charge in [0.1, 0.15) is 13.2 Å². The summed E-state index contributed by atoms with van der Waals surface area (Å²) in [7, 11) is 0. The van der Waals surface area contributed by atoms with Crippen molar-refractivity contribution in [1.82, 2.24) is 0 Å². The second kappa shape index (κ2) is 46.0. The average Bonchev–Trinajstić information content (AvgIpc) is 3.22. The zero-order chi connectivity index (χ0) is 42.3. The highest BCUT2D eigenvalue weighted by Crippen LogP contribution is 2.13. The first-order chi connectivity index (χ1) is 28.5. The normalized spacial score (nSPS) is 12.9. The number of ether oxygens (including phenoxy) is 3. The number of rotatable bonds is 40. The third-order valence-corrected chi connectivity index (χ3v) is 9.51. The van der Waals surface area contributed by atoms with Gasteiger partial charge in [0.25, 0.3) is 0 Å². The van der Waals surface area contributed by atoms with E-state index in [0.717, 1.165) is 77.0 Å². The molecule has 1 unspecified atom stereocenters. The fourth-order valence-corrected chi connectivity index (χ4v) is 6.00. The minimum Gasteiger partial charge on any atom is -0.462 e. The second-order valence-electron chi connectivity index (χ2n) is 15.1. The maximum Gasteiger partial charge on any atom is 0.306 e. The van der Waals surface area contributed by atoms with E-state index in [1.165, 1.54) is 70.6 Å². The Morgan fingerprint density at radius 3 is 1.10 bits per heavy atom. The molecular weight excluding hydrogens is 721 g/mol. The highest BCUT2D eigenvalue weighted by atomic mass is 16.6. The van der Waals surface area contributed by atoms with Crippen LogP contribution in [0.3, 0.4) is 0 Å². The van der Waals surface area contributed by atoms with Crippen LogP contribution in [0.5, 0.6) is 0 Å². The fourth-order valence-electron chi connectivity index (χ4n) is 6.00. The molecule has 0 saturated carbocycles. The first kappa shape index (κ1) is 54.3. The van der Waals surface area contributed by atoms with Gasteiger partial charge in [-0.3, -0.25) is 14.4 Å². The van der Waals surface area contributed by atoms with E-state index in [1.54, 1.807) is 0 Å². The summed E-state index contributed by atoms with van der Waals surface area (Å²) in [6, 6.07) is 0. The summed E-state index contributed by atoms with van der Waals surface area (Å²) >= 11 is 0. The fraction of sp³-hybridized carbons (Fsp3) is 0.635. The number of hydrogen-bond acceptors (Lipinski definition) is 6. The van der Waals surface area contributed by atoms with Gasteiger partial charge in [0, 0.05) is 19.3 Å². The molecule has 0 radical (unpaired) electrons. The summed E-state index contributed by atoms with van der Waals surface area (Å²) in [4.78, 5) is 37.7. The highest BCUT2D eigenvalue weighted by molar-refractivity contribution is 5.71. The van der Waals surface area contributed by atoms with Gasteiger partial charge in [-0.25, -0.2) is 0 Å². The van der Waals surface area contributed by atoms with Crippen LogP contribution in [0.1, 0.15) is 194 Å². The van der Waals surface area contributed by atoms with Crippen molar-refractivity contribution < 1.29 is 28.6 Å². The van der Waals surface area contributed by atoms with Crippen LogP contribution in [0.25, 0.3) is 0 Å². The van der Waals surface area contributed by atoms with Gasteiger partial charge in [-0.05, 0) is 57.8 Å². The van der Waals surface area contributed by atoms with E-state index in [1.807, 2.05) is 54.7 Å². The van der Waals surface area contributed by atoms with Gasteiger partial charge in [-0.15, -0.1) is 0 Å². The minimum atomic E-state index is -0.820. The Kier molecular flexibility index (Phi) is 43.1. The molecule has 0 aliphatic carbocycles. The summed E-state index contributed by atoms with van der Waals surface area (Å²) in [5.41, 5.74) is 0. The predicted octanol–water partition coefficient (Wildman–Crippen LogP) is 15.0. The largest absolute Gasteiger partial charge is 0.462 e. The van der Waals surface area contributed by atoms with Gasteiger partial charge in [0.2, 0.25) is 0 Å². The Bertz CT molecular complexity index is 1200. The molecule has 6 heteroatoms. The Balaban J connectivity index is 4.50. The number of carbonyl (C=O) groups excluding carboxylic acids is 3. The summed E-state index contributed by atoms with van der Waals surface area (Å²) in [5.74, 6) is -1.02. The van der Waals surface area contributed by atoms with Crippen molar-refractivity contribution in [3.05, 3.63) is 97.2 Å². The Morgan fingerprint density at radius 1 is 0.362 bits per heavy atom. The van der Waals surface area contributed by atoms with E-state index < -0.39 is 12.1 Å². The number of esters is 3. The lowest BCUT2D eigenvalue weighted by Gasteiger charge is -2.18. The van der Waals surface area contributed by atoms with E-state index in [-0.39, 0.29) is 31.6 Å². The van der Waals surface area contributed by atoms with Crippen LogP contribution in [0.15, 0.2) is 97.2 Å². The molecule has 0 aliphatic rings. The van der Waals surface area contributed by atoms with Gasteiger partial charge >= 0.3 is 17.9 Å². The summed E-state index contributed by atoms with van der Waals surface area (Å²) in [5, 5.41) is 0. The summed E-state index contributed by atoms with van der Waals surface area (Å²) in [6.07, 6.45) is 59.7. The van der Waals surface area contributed by atoms with Gasteiger partial charge in [0.05, 0.1) is 0 Å².